The number of allylic oxidation sites excluding steroid dienone is 1. The topological polar surface area (TPSA) is 374 Å². The second-order valence-corrected chi connectivity index (χ2v) is 29.1. The number of esters is 2. The van der Waals surface area contributed by atoms with E-state index in [0.29, 0.717) is 32.1 Å². The molecule has 2 radical (unpaired) electrons. The maximum Gasteiger partial charge on any atom is 1.00 e. The second kappa shape index (κ2) is 51.1. The molecule has 0 aliphatic rings. The second-order valence-electron chi connectivity index (χ2n) is 26.8. The van der Waals surface area contributed by atoms with E-state index < -0.39 is 84.7 Å². The first-order valence-corrected chi connectivity index (χ1v) is 30.5. The molecule has 25 nitrogen and oxygen atoms in total. The summed E-state index contributed by atoms with van der Waals surface area (Å²) in [6, 6.07) is 16.8. The molecule has 0 bridgehead atoms. The van der Waals surface area contributed by atoms with Crippen molar-refractivity contribution in [3.63, 3.8) is 0 Å². The minimum atomic E-state index is -3.77. The third kappa shape index (κ3) is 59.1. The summed E-state index contributed by atoms with van der Waals surface area (Å²) in [5.41, 5.74) is 0.831. The number of ketones is 1. The number of Topliss-reactive ketones (excluding diaryl/α,β-unsaturated/α-hetero) is 1. The zero-order valence-corrected chi connectivity index (χ0v) is 64.8. The van der Waals surface area contributed by atoms with Gasteiger partial charge >= 0.3 is 68.7 Å². The van der Waals surface area contributed by atoms with E-state index >= 15 is 0 Å². The third-order valence-corrected chi connectivity index (χ3v) is 13.0. The van der Waals surface area contributed by atoms with E-state index in [1.807, 2.05) is 111 Å². The maximum absolute atomic E-state index is 12.3. The van der Waals surface area contributed by atoms with Gasteiger partial charge in [0.1, 0.15) is 48.5 Å². The molecule has 0 aliphatic heterocycles. The van der Waals surface area contributed by atoms with E-state index in [0.717, 1.165) is 38.1 Å². The maximum atomic E-state index is 12.3. The minimum Gasteiger partial charge on any atom is -0.870 e. The minimum absolute atomic E-state index is 0. The standard InChI is InChI=1S/C17H23NO4.C14H20NO6P.C14H27NO4.C13H25NO4.C6H12O.BH.Li.2H2O.U/c1-17(2,3)11-10-14(15(19)21-4)18-16(20)22-12-13-8-6-5-7-9-13;1-4-12(16)13(22(18,19-2)20-3)15-14(17)21-10-11-8-6-5-7-9-11;1-13(2,3)9-8-10(11(16)18-7)15-12(17)19-14(4,5)6;1-12(2,3)8-7-9(10(15)16)14-11(17)18-13(4,5)6;1-6(2,3)4-5-7;;;;;/h5-10H,11-12H2,1-4H3,(H,18,20);5-9,13H,4,10H2,1-3H3,(H,15,17);10H,8-9H2,1-7H3,(H,15,17);9H,7-8H2,1-6H3,(H,14,17)(H,15,16);5H,4H2,1-3H3;1H;;2*1H2;/q;;;;;;+1;;;/p-1/b14-10-;;;;;;;;;/i;;;;;1D;;;;. The van der Waals surface area contributed by atoms with Crippen LogP contribution in [-0.4, -0.2) is 138 Å². The zero-order valence-electron chi connectivity index (χ0n) is 60.8. The molecule has 0 fully saturated rings. The van der Waals surface area contributed by atoms with Crippen LogP contribution in [0.2, 0.25) is 0 Å². The Labute approximate surface area is 592 Å². The number of carboxylic acids is 1. The number of alkyl carbamates (subject to hydrolysis) is 4. The molecular weight excluding hydrogens is 1450 g/mol. The van der Waals surface area contributed by atoms with E-state index in [2.05, 4.69) is 55.2 Å². The molecule has 0 saturated heterocycles. The molecule has 0 aliphatic carbocycles. The number of rotatable bonds is 22. The molecule has 2 aromatic rings. The average molecular weight is 1560 g/mol. The van der Waals surface area contributed by atoms with Gasteiger partial charge in [0, 0.05) is 66.6 Å². The number of hydrogen-bond acceptors (Lipinski definition) is 19. The van der Waals surface area contributed by atoms with Crippen molar-refractivity contribution in [2.45, 2.75) is 219 Å². The van der Waals surface area contributed by atoms with E-state index in [1.54, 1.807) is 66.7 Å². The number of ether oxygens (including phenoxy) is 6. The fourth-order valence-electron chi connectivity index (χ4n) is 6.22. The Morgan fingerprint density at radius 2 is 0.957 bits per heavy atom. The number of hydrogen-bond donors (Lipinski definition) is 5. The van der Waals surface area contributed by atoms with Gasteiger partial charge in [-0.15, -0.1) is 0 Å². The number of carbonyl (C=O) groups excluding carboxylic acids is 8. The van der Waals surface area contributed by atoms with Gasteiger partial charge in [0.2, 0.25) is 0 Å². The van der Waals surface area contributed by atoms with Gasteiger partial charge < -0.3 is 74.3 Å². The molecule has 526 valence electrons. The quantitative estimate of drug-likeness (QED) is 0.0183. The van der Waals surface area contributed by atoms with Crippen molar-refractivity contribution in [2.24, 2.45) is 21.7 Å². The summed E-state index contributed by atoms with van der Waals surface area (Å²) in [5.74, 6) is -3.94. The molecule has 2 rings (SSSR count). The Hall–Kier alpha value is -5.21. The fraction of sp³-hybridized carbons (Fsp3) is 0.641. The Bertz CT molecular complexity index is 2530. The Morgan fingerprint density at radius 3 is 1.26 bits per heavy atom. The summed E-state index contributed by atoms with van der Waals surface area (Å²) in [5, 5.41) is 18.7. The number of aldehydes is 1. The molecule has 0 heterocycles. The molecule has 3 unspecified atom stereocenters. The first-order valence-electron chi connectivity index (χ1n) is 29.5. The van der Waals surface area contributed by atoms with E-state index in [1.165, 1.54) is 14.2 Å². The van der Waals surface area contributed by atoms with Crippen molar-refractivity contribution in [3.8, 4) is 0 Å². The number of benzene rings is 2. The molecule has 0 aromatic heterocycles. The van der Waals surface area contributed by atoms with Gasteiger partial charge in [-0.1, -0.05) is 157 Å². The van der Waals surface area contributed by atoms with Gasteiger partial charge in [-0.2, -0.15) is 0 Å². The molecule has 4 amide bonds. The zero-order chi connectivity index (χ0) is 70.9. The Balaban J connectivity index is -0.000000165. The van der Waals surface area contributed by atoms with Crippen LogP contribution in [-0.2, 0) is 79.2 Å². The average Bonchev–Trinajstić information content (AvgIpc) is 0.866. The van der Waals surface area contributed by atoms with Crippen LogP contribution in [0.25, 0.3) is 0 Å². The van der Waals surface area contributed by atoms with E-state index in [4.69, 9.17) is 39.2 Å². The molecular formula is C64H111BLiN4O21PU. The SMILES string of the molecule is CC(C)(C)CC=O.CC(C)(C)CCC(NC(=O)OC(C)(C)C)C(=O)O.CCC(=O)C(NC(=O)OCc1ccccc1)P(=O)(OC)OC.COC(=O)/C(=C/CC(C)(C)C)NC(=O)OCc1ccccc1.COC(=O)C(CCC(C)(C)C)NC(=O)OC(C)(C)C.O.[2H][B].[Li+].[OH-].[U]. The summed E-state index contributed by atoms with van der Waals surface area (Å²) in [7, 11) is 4.85. The van der Waals surface area contributed by atoms with Crippen molar-refractivity contribution in [3.05, 3.63) is 83.6 Å². The number of carbonyl (C=O) groups is 9. The normalized spacial score (nSPS) is 12.1. The van der Waals surface area contributed by atoms with Crippen LogP contribution in [0, 0.1) is 52.8 Å². The molecule has 3 atom stereocenters. The molecule has 29 heteroatoms. The summed E-state index contributed by atoms with van der Waals surface area (Å²) in [4.78, 5) is 103. The Kier molecular flexibility index (Phi) is 55.7. The van der Waals surface area contributed by atoms with E-state index in [-0.39, 0.29) is 108 Å². The van der Waals surface area contributed by atoms with Gasteiger partial charge in [0.25, 0.3) is 0 Å². The predicted octanol–water partition coefficient (Wildman–Crippen LogP) is 8.75. The predicted molar refractivity (Wildman–Crippen MR) is 351 cm³/mol. The van der Waals surface area contributed by atoms with E-state index in [9.17, 15) is 47.7 Å². The molecule has 0 saturated carbocycles. The number of amides is 4. The van der Waals surface area contributed by atoms with Crippen LogP contribution in [0.15, 0.2) is 72.4 Å². The molecule has 0 spiro atoms. The van der Waals surface area contributed by atoms with Gasteiger partial charge in [-0.25, -0.2) is 33.6 Å². The molecule has 8 N–H and O–H groups in total. The largest absolute Gasteiger partial charge is 1.00 e. The smallest absolute Gasteiger partial charge is 0.870 e. The summed E-state index contributed by atoms with van der Waals surface area (Å²) >= 11 is 0. The number of carboxylic acid groups (broad SMARTS) is 1. The van der Waals surface area contributed by atoms with Crippen molar-refractivity contribution in [2.75, 3.05) is 28.4 Å². The van der Waals surface area contributed by atoms with Gasteiger partial charge in [-0.05, 0) is 108 Å². The number of aliphatic carboxylic acids is 1. The van der Waals surface area contributed by atoms with Crippen LogP contribution < -0.4 is 40.1 Å². The van der Waals surface area contributed by atoms with Crippen LogP contribution in [0.4, 0.5) is 19.2 Å². The van der Waals surface area contributed by atoms with Gasteiger partial charge in [-0.3, -0.25) is 14.7 Å². The van der Waals surface area contributed by atoms with Crippen LogP contribution >= 0.6 is 7.60 Å². The summed E-state index contributed by atoms with van der Waals surface area (Å²) < 4.78 is 56.8. The van der Waals surface area contributed by atoms with Gasteiger partial charge in [0.15, 0.2) is 11.6 Å². The number of methoxy groups -OCH3 is 2. The monoisotopic (exact) mass is 1560 g/mol. The van der Waals surface area contributed by atoms with Crippen LogP contribution in [0.3, 0.4) is 0 Å². The van der Waals surface area contributed by atoms with Crippen molar-refractivity contribution in [1.82, 2.24) is 21.3 Å². The molecule has 93 heavy (non-hydrogen) atoms. The van der Waals surface area contributed by atoms with Crippen molar-refractivity contribution in [1.29, 1.82) is 1.34 Å². The van der Waals surface area contributed by atoms with Gasteiger partial charge in [0.05, 0.1) is 14.2 Å². The van der Waals surface area contributed by atoms with Crippen LogP contribution in [0.5, 0.6) is 0 Å². The van der Waals surface area contributed by atoms with Crippen molar-refractivity contribution < 1.29 is 151 Å². The number of nitrogens with one attached hydrogen (secondary N) is 4. The van der Waals surface area contributed by atoms with Crippen molar-refractivity contribution >= 4 is 70.3 Å². The first kappa shape index (κ1) is 101. The Morgan fingerprint density at radius 1 is 0.581 bits per heavy atom. The molecule has 2 aromatic carbocycles. The van der Waals surface area contributed by atoms with Crippen LogP contribution in [0.1, 0.15) is 188 Å². The fourth-order valence-corrected chi connectivity index (χ4v) is 7.59. The first-order chi connectivity index (χ1) is 41.2. The third-order valence-electron chi connectivity index (χ3n) is 10.9. The summed E-state index contributed by atoms with van der Waals surface area (Å²) in [6.45, 7) is 36.8. The summed E-state index contributed by atoms with van der Waals surface area (Å²) in [6.07, 6.45) is 3.52.